The zero-order valence-electron chi connectivity index (χ0n) is 16.2. The molecule has 0 heterocycles. The zero-order chi connectivity index (χ0) is 20.7. The van der Waals surface area contributed by atoms with Crippen molar-refractivity contribution in [3.63, 3.8) is 0 Å². The van der Waals surface area contributed by atoms with Gasteiger partial charge in [0, 0.05) is 12.1 Å². The van der Waals surface area contributed by atoms with E-state index in [9.17, 15) is 13.2 Å². The van der Waals surface area contributed by atoms with E-state index < -0.39 is 10.0 Å². The van der Waals surface area contributed by atoms with Crippen LogP contribution in [0.15, 0.2) is 83.8 Å². The molecule has 5 nitrogen and oxygen atoms in total. The van der Waals surface area contributed by atoms with Crippen LogP contribution in [0.2, 0.25) is 0 Å². The van der Waals surface area contributed by atoms with Crippen molar-refractivity contribution in [1.29, 1.82) is 0 Å². The van der Waals surface area contributed by atoms with E-state index in [4.69, 9.17) is 4.74 Å². The second-order valence-electron chi connectivity index (χ2n) is 6.66. The Morgan fingerprint density at radius 3 is 2.28 bits per heavy atom. The molecule has 0 aliphatic carbocycles. The van der Waals surface area contributed by atoms with Gasteiger partial charge in [-0.05, 0) is 35.7 Å². The minimum absolute atomic E-state index is 0.0722. The standard InChI is InChI=1S/C23H23NO4S/c1-18(25)20-12-7-13-23(14-20)29(26,27)24-15-21-10-5-6-11-22(21)17-28-16-19-8-3-2-4-9-19/h2-14,24H,15-17H2,1H3. The van der Waals surface area contributed by atoms with E-state index >= 15 is 0 Å². The molecule has 3 aromatic rings. The maximum Gasteiger partial charge on any atom is 0.240 e. The lowest BCUT2D eigenvalue weighted by molar-refractivity contribution is 0.101. The summed E-state index contributed by atoms with van der Waals surface area (Å²) in [6.07, 6.45) is 0. The summed E-state index contributed by atoms with van der Waals surface area (Å²) in [5.74, 6) is -0.178. The predicted octanol–water partition coefficient (Wildman–Crippen LogP) is 4.08. The van der Waals surface area contributed by atoms with Gasteiger partial charge in [0.2, 0.25) is 10.0 Å². The highest BCUT2D eigenvalue weighted by Crippen LogP contribution is 2.15. The van der Waals surface area contributed by atoms with Crippen molar-refractivity contribution < 1.29 is 17.9 Å². The third-order valence-corrected chi connectivity index (χ3v) is 5.89. The Kier molecular flexibility index (Phi) is 6.93. The minimum Gasteiger partial charge on any atom is -0.372 e. The molecular formula is C23H23NO4S. The van der Waals surface area contributed by atoms with E-state index in [0.717, 1.165) is 16.7 Å². The lowest BCUT2D eigenvalue weighted by Crippen LogP contribution is -2.24. The molecule has 6 heteroatoms. The number of rotatable bonds is 9. The Morgan fingerprint density at radius 2 is 1.55 bits per heavy atom. The normalized spacial score (nSPS) is 11.3. The molecule has 0 fully saturated rings. The molecular weight excluding hydrogens is 386 g/mol. The number of carbonyl (C=O) groups excluding carboxylic acids is 1. The number of ketones is 1. The summed E-state index contributed by atoms with van der Waals surface area (Å²) in [5.41, 5.74) is 3.20. The van der Waals surface area contributed by atoms with Crippen molar-refractivity contribution >= 4 is 15.8 Å². The van der Waals surface area contributed by atoms with Crippen LogP contribution in [-0.4, -0.2) is 14.2 Å². The molecule has 29 heavy (non-hydrogen) atoms. The van der Waals surface area contributed by atoms with Crippen LogP contribution in [0.1, 0.15) is 34.0 Å². The molecule has 0 aliphatic heterocycles. The first-order valence-corrected chi connectivity index (χ1v) is 10.7. The third kappa shape index (κ3) is 5.84. The smallest absolute Gasteiger partial charge is 0.240 e. The lowest BCUT2D eigenvalue weighted by Gasteiger charge is -2.12. The van der Waals surface area contributed by atoms with Crippen LogP contribution in [0.5, 0.6) is 0 Å². The molecule has 0 aromatic heterocycles. The van der Waals surface area contributed by atoms with Crippen LogP contribution < -0.4 is 4.72 Å². The number of nitrogens with one attached hydrogen (secondary N) is 1. The van der Waals surface area contributed by atoms with E-state index in [-0.39, 0.29) is 17.2 Å². The SMILES string of the molecule is CC(=O)c1cccc(S(=O)(=O)NCc2ccccc2COCc2ccccc2)c1. The number of sulfonamides is 1. The molecule has 0 bridgehead atoms. The van der Waals surface area contributed by atoms with Crippen LogP contribution in [-0.2, 0) is 34.5 Å². The average Bonchev–Trinajstić information content (AvgIpc) is 2.74. The van der Waals surface area contributed by atoms with Gasteiger partial charge in [-0.3, -0.25) is 4.79 Å². The minimum atomic E-state index is -3.74. The molecule has 0 unspecified atom stereocenters. The first-order chi connectivity index (χ1) is 14.0. The van der Waals surface area contributed by atoms with Gasteiger partial charge >= 0.3 is 0 Å². The van der Waals surface area contributed by atoms with E-state index in [2.05, 4.69) is 4.72 Å². The highest BCUT2D eigenvalue weighted by atomic mass is 32.2. The van der Waals surface area contributed by atoms with Gasteiger partial charge in [0.05, 0.1) is 18.1 Å². The van der Waals surface area contributed by atoms with Crippen molar-refractivity contribution in [1.82, 2.24) is 4.72 Å². The summed E-state index contributed by atoms with van der Waals surface area (Å²) in [5, 5.41) is 0. The number of ether oxygens (including phenoxy) is 1. The van der Waals surface area contributed by atoms with Crippen molar-refractivity contribution in [3.05, 3.63) is 101 Å². The molecule has 0 radical (unpaired) electrons. The molecule has 3 rings (SSSR count). The fourth-order valence-electron chi connectivity index (χ4n) is 2.86. The molecule has 1 N–H and O–H groups in total. The van der Waals surface area contributed by atoms with Gasteiger partial charge in [-0.2, -0.15) is 0 Å². The number of hydrogen-bond acceptors (Lipinski definition) is 4. The highest BCUT2D eigenvalue weighted by molar-refractivity contribution is 7.89. The fraction of sp³-hybridized carbons (Fsp3) is 0.174. The fourth-order valence-corrected chi connectivity index (χ4v) is 3.91. The van der Waals surface area contributed by atoms with Gasteiger partial charge in [0.15, 0.2) is 5.78 Å². The van der Waals surface area contributed by atoms with Gasteiger partial charge in [-0.25, -0.2) is 13.1 Å². The van der Waals surface area contributed by atoms with E-state index in [1.165, 1.54) is 19.1 Å². The molecule has 0 spiro atoms. The van der Waals surface area contributed by atoms with Crippen LogP contribution in [0.4, 0.5) is 0 Å². The molecule has 0 amide bonds. The summed E-state index contributed by atoms with van der Waals surface area (Å²) in [7, 11) is -3.74. The molecule has 0 saturated heterocycles. The Labute approximate surface area is 171 Å². The summed E-state index contributed by atoms with van der Waals surface area (Å²) in [6, 6.07) is 23.4. The quantitative estimate of drug-likeness (QED) is 0.541. The van der Waals surface area contributed by atoms with Crippen molar-refractivity contribution in [2.24, 2.45) is 0 Å². The van der Waals surface area contributed by atoms with Crippen molar-refractivity contribution in [2.45, 2.75) is 31.6 Å². The molecule has 0 saturated carbocycles. The Morgan fingerprint density at radius 1 is 0.862 bits per heavy atom. The van der Waals surface area contributed by atoms with Gasteiger partial charge in [-0.15, -0.1) is 0 Å². The predicted molar refractivity (Wildman–Crippen MR) is 112 cm³/mol. The first-order valence-electron chi connectivity index (χ1n) is 9.25. The molecule has 150 valence electrons. The summed E-state index contributed by atoms with van der Waals surface area (Å²) in [6.45, 7) is 2.41. The monoisotopic (exact) mass is 409 g/mol. The van der Waals surface area contributed by atoms with Crippen LogP contribution in [0.25, 0.3) is 0 Å². The molecule has 0 aliphatic rings. The maximum absolute atomic E-state index is 12.6. The van der Waals surface area contributed by atoms with Gasteiger partial charge < -0.3 is 4.74 Å². The van der Waals surface area contributed by atoms with Gasteiger partial charge in [0.25, 0.3) is 0 Å². The van der Waals surface area contributed by atoms with Crippen LogP contribution in [0, 0.1) is 0 Å². The number of Topliss-reactive ketones (excluding diaryl/α,β-unsaturated/α-hetero) is 1. The molecule has 3 aromatic carbocycles. The number of hydrogen-bond donors (Lipinski definition) is 1. The Bertz CT molecular complexity index is 1080. The van der Waals surface area contributed by atoms with E-state index in [1.54, 1.807) is 12.1 Å². The van der Waals surface area contributed by atoms with Crippen molar-refractivity contribution in [2.75, 3.05) is 0 Å². The summed E-state index contributed by atoms with van der Waals surface area (Å²) < 4.78 is 33.7. The summed E-state index contributed by atoms with van der Waals surface area (Å²) >= 11 is 0. The second-order valence-corrected chi connectivity index (χ2v) is 8.42. The first kappa shape index (κ1) is 20.9. The topological polar surface area (TPSA) is 72.5 Å². The van der Waals surface area contributed by atoms with Crippen LogP contribution in [0.3, 0.4) is 0 Å². The number of benzene rings is 3. The Balaban J connectivity index is 1.66. The molecule has 0 atom stereocenters. The lowest BCUT2D eigenvalue weighted by atomic mass is 10.1. The van der Waals surface area contributed by atoms with Crippen LogP contribution >= 0.6 is 0 Å². The third-order valence-electron chi connectivity index (χ3n) is 4.49. The second kappa shape index (κ2) is 9.60. The largest absolute Gasteiger partial charge is 0.372 e. The van der Waals surface area contributed by atoms with Crippen molar-refractivity contribution in [3.8, 4) is 0 Å². The highest BCUT2D eigenvalue weighted by Gasteiger charge is 2.16. The van der Waals surface area contributed by atoms with E-state index in [1.807, 2.05) is 54.6 Å². The van der Waals surface area contributed by atoms with Gasteiger partial charge in [0.1, 0.15) is 0 Å². The Hall–Kier alpha value is -2.80. The summed E-state index contributed by atoms with van der Waals surface area (Å²) in [4.78, 5) is 11.6. The van der Waals surface area contributed by atoms with Gasteiger partial charge in [-0.1, -0.05) is 66.7 Å². The maximum atomic E-state index is 12.6. The zero-order valence-corrected chi connectivity index (χ0v) is 17.0. The number of carbonyl (C=O) groups is 1. The van der Waals surface area contributed by atoms with E-state index in [0.29, 0.717) is 18.8 Å². The average molecular weight is 410 g/mol.